The van der Waals surface area contributed by atoms with Gasteiger partial charge in [-0.05, 0) is 31.9 Å². The number of carbonyl (C=O) groups excluding carboxylic acids is 1. The lowest BCUT2D eigenvalue weighted by Crippen LogP contribution is -2.39. The van der Waals surface area contributed by atoms with Gasteiger partial charge in [-0.3, -0.25) is 4.79 Å². The zero-order chi connectivity index (χ0) is 22.5. The van der Waals surface area contributed by atoms with Crippen molar-refractivity contribution in [3.63, 3.8) is 0 Å². The molecule has 5 heteroatoms. The lowest BCUT2D eigenvalue weighted by molar-refractivity contribution is -0.249. The quantitative estimate of drug-likeness (QED) is 0.373. The Balaban J connectivity index is 1.35. The second-order valence-corrected chi connectivity index (χ2v) is 8.85. The molecular weight excluding hydrogens is 402 g/mol. The van der Waals surface area contributed by atoms with E-state index >= 15 is 0 Å². The molecule has 0 spiro atoms. The van der Waals surface area contributed by atoms with Crippen LogP contribution in [0, 0.1) is 0 Å². The molecule has 4 unspecified atom stereocenters. The average molecular weight is 438 g/mol. The highest BCUT2D eigenvalue weighted by atomic mass is 16.7. The van der Waals surface area contributed by atoms with Gasteiger partial charge in [0.05, 0.1) is 18.6 Å². The summed E-state index contributed by atoms with van der Waals surface area (Å²) in [4.78, 5) is 12.6. The van der Waals surface area contributed by atoms with Crippen molar-refractivity contribution in [2.75, 3.05) is 0 Å². The standard InChI is InChI=1S/C27H35NO4/c1-4-10-27-31-20(5-2)18-21(32-27)17-19(3)30-26(29)15-16-28-24-13-8-6-11-22(24)23-12-7-9-14-25(23)28/h6-9,11-14,19-21,27H,4-5,10,15-18H2,1-3H3. The normalized spacial score (nSPS) is 22.3. The Morgan fingerprint density at radius 1 is 1.03 bits per heavy atom. The molecule has 0 radical (unpaired) electrons. The van der Waals surface area contributed by atoms with Gasteiger partial charge in [0.1, 0.15) is 6.10 Å². The first kappa shape index (κ1) is 22.8. The van der Waals surface area contributed by atoms with Crippen LogP contribution in [0.1, 0.15) is 59.3 Å². The Morgan fingerprint density at radius 2 is 1.66 bits per heavy atom. The molecule has 172 valence electrons. The first-order chi connectivity index (χ1) is 15.6. The zero-order valence-electron chi connectivity index (χ0n) is 19.5. The van der Waals surface area contributed by atoms with Crippen molar-refractivity contribution in [1.82, 2.24) is 4.57 Å². The highest BCUT2D eigenvalue weighted by Crippen LogP contribution is 2.29. The Hall–Kier alpha value is -2.37. The van der Waals surface area contributed by atoms with Crippen LogP contribution in [-0.2, 0) is 25.5 Å². The predicted molar refractivity (Wildman–Crippen MR) is 128 cm³/mol. The van der Waals surface area contributed by atoms with Gasteiger partial charge < -0.3 is 18.8 Å². The first-order valence-corrected chi connectivity index (χ1v) is 12.0. The molecule has 4 atom stereocenters. The molecule has 0 saturated carbocycles. The van der Waals surface area contributed by atoms with Gasteiger partial charge in [-0.1, -0.05) is 56.7 Å². The lowest BCUT2D eigenvalue weighted by Gasteiger charge is -2.36. The molecule has 0 aliphatic carbocycles. The van der Waals surface area contributed by atoms with E-state index in [9.17, 15) is 4.79 Å². The molecule has 4 rings (SSSR count). The van der Waals surface area contributed by atoms with Gasteiger partial charge in [0.15, 0.2) is 6.29 Å². The summed E-state index contributed by atoms with van der Waals surface area (Å²) in [7, 11) is 0. The molecule has 2 heterocycles. The maximum absolute atomic E-state index is 12.6. The van der Waals surface area contributed by atoms with E-state index in [0.29, 0.717) is 19.4 Å². The molecule has 0 amide bonds. The Morgan fingerprint density at radius 3 is 2.28 bits per heavy atom. The molecule has 1 aromatic heterocycles. The van der Waals surface area contributed by atoms with E-state index in [1.807, 2.05) is 19.1 Å². The second kappa shape index (κ2) is 10.5. The van der Waals surface area contributed by atoms with Crippen LogP contribution in [0.15, 0.2) is 48.5 Å². The molecule has 3 aromatic rings. The van der Waals surface area contributed by atoms with E-state index in [0.717, 1.165) is 36.7 Å². The Labute approximate surface area is 190 Å². The highest BCUT2D eigenvalue weighted by molar-refractivity contribution is 6.08. The number of hydrogen-bond donors (Lipinski definition) is 0. The van der Waals surface area contributed by atoms with E-state index in [1.165, 1.54) is 10.8 Å². The van der Waals surface area contributed by atoms with Crippen molar-refractivity contribution < 1.29 is 19.0 Å². The van der Waals surface area contributed by atoms with Crippen LogP contribution in [0.4, 0.5) is 0 Å². The minimum atomic E-state index is -0.177. The monoisotopic (exact) mass is 437 g/mol. The Kier molecular flexibility index (Phi) is 7.48. The van der Waals surface area contributed by atoms with Gasteiger partial charge in [-0.2, -0.15) is 0 Å². The third-order valence-electron chi connectivity index (χ3n) is 6.34. The number of para-hydroxylation sites is 2. The van der Waals surface area contributed by atoms with E-state index in [-0.39, 0.29) is 30.6 Å². The van der Waals surface area contributed by atoms with E-state index in [2.05, 4.69) is 54.8 Å². The van der Waals surface area contributed by atoms with Crippen LogP contribution >= 0.6 is 0 Å². The molecule has 1 aliphatic rings. The van der Waals surface area contributed by atoms with Gasteiger partial charge in [-0.15, -0.1) is 0 Å². The maximum atomic E-state index is 12.6. The number of benzene rings is 2. The van der Waals surface area contributed by atoms with Crippen molar-refractivity contribution >= 4 is 27.8 Å². The summed E-state index contributed by atoms with van der Waals surface area (Å²) in [5.74, 6) is -0.163. The summed E-state index contributed by atoms with van der Waals surface area (Å²) >= 11 is 0. The van der Waals surface area contributed by atoms with Crippen LogP contribution in [-0.4, -0.2) is 35.1 Å². The first-order valence-electron chi connectivity index (χ1n) is 12.0. The molecule has 32 heavy (non-hydrogen) atoms. The molecular formula is C27H35NO4. The molecule has 0 bridgehead atoms. The fourth-order valence-electron chi connectivity index (χ4n) is 4.80. The van der Waals surface area contributed by atoms with Crippen LogP contribution in [0.25, 0.3) is 21.8 Å². The van der Waals surface area contributed by atoms with Crippen molar-refractivity contribution in [2.24, 2.45) is 0 Å². The number of esters is 1. The number of aromatic nitrogens is 1. The number of carbonyl (C=O) groups is 1. The summed E-state index contributed by atoms with van der Waals surface area (Å²) < 4.78 is 20.1. The van der Waals surface area contributed by atoms with Gasteiger partial charge in [0, 0.05) is 41.2 Å². The number of ether oxygens (including phenoxy) is 3. The number of nitrogens with zero attached hydrogens (tertiary/aromatic N) is 1. The minimum Gasteiger partial charge on any atom is -0.463 e. The second-order valence-electron chi connectivity index (χ2n) is 8.85. The largest absolute Gasteiger partial charge is 0.463 e. The van der Waals surface area contributed by atoms with E-state index < -0.39 is 0 Å². The summed E-state index contributed by atoms with van der Waals surface area (Å²) in [6.07, 6.45) is 4.81. The molecule has 1 aliphatic heterocycles. The Bertz CT molecular complexity index is 989. The van der Waals surface area contributed by atoms with Gasteiger partial charge >= 0.3 is 5.97 Å². The number of aryl methyl sites for hydroxylation is 1. The fourth-order valence-corrected chi connectivity index (χ4v) is 4.80. The lowest BCUT2D eigenvalue weighted by atomic mass is 10.0. The SMILES string of the molecule is CCCC1OC(CC)CC(CC(C)OC(=O)CCn2c3ccccc3c3ccccc32)O1. The number of rotatable bonds is 9. The van der Waals surface area contributed by atoms with Crippen molar-refractivity contribution in [3.05, 3.63) is 48.5 Å². The molecule has 0 N–H and O–H groups in total. The number of hydrogen-bond acceptors (Lipinski definition) is 4. The third kappa shape index (κ3) is 5.16. The summed E-state index contributed by atoms with van der Waals surface area (Å²) in [6.45, 7) is 6.85. The van der Waals surface area contributed by atoms with Crippen molar-refractivity contribution in [2.45, 2.75) is 90.4 Å². The predicted octanol–water partition coefficient (Wildman–Crippen LogP) is 6.22. The van der Waals surface area contributed by atoms with Crippen LogP contribution in [0.2, 0.25) is 0 Å². The van der Waals surface area contributed by atoms with Gasteiger partial charge in [-0.25, -0.2) is 0 Å². The highest BCUT2D eigenvalue weighted by Gasteiger charge is 2.30. The summed E-state index contributed by atoms with van der Waals surface area (Å²) in [6, 6.07) is 16.7. The maximum Gasteiger partial charge on any atom is 0.307 e. The van der Waals surface area contributed by atoms with Crippen LogP contribution in [0.3, 0.4) is 0 Å². The molecule has 1 saturated heterocycles. The molecule has 2 aromatic carbocycles. The van der Waals surface area contributed by atoms with Gasteiger partial charge in [0.2, 0.25) is 0 Å². The number of fused-ring (bicyclic) bond motifs is 3. The van der Waals surface area contributed by atoms with E-state index in [1.54, 1.807) is 0 Å². The van der Waals surface area contributed by atoms with Gasteiger partial charge in [0.25, 0.3) is 0 Å². The smallest absolute Gasteiger partial charge is 0.307 e. The zero-order valence-corrected chi connectivity index (χ0v) is 19.5. The van der Waals surface area contributed by atoms with Crippen LogP contribution in [0.5, 0.6) is 0 Å². The van der Waals surface area contributed by atoms with E-state index in [4.69, 9.17) is 14.2 Å². The van der Waals surface area contributed by atoms with Crippen LogP contribution < -0.4 is 0 Å². The average Bonchev–Trinajstić information content (AvgIpc) is 3.11. The fraction of sp³-hybridized carbons (Fsp3) is 0.519. The summed E-state index contributed by atoms with van der Waals surface area (Å²) in [5, 5.41) is 2.43. The topological polar surface area (TPSA) is 49.7 Å². The summed E-state index contributed by atoms with van der Waals surface area (Å²) in [5.41, 5.74) is 2.30. The minimum absolute atomic E-state index is 0.0744. The molecule has 5 nitrogen and oxygen atoms in total. The van der Waals surface area contributed by atoms with Crippen molar-refractivity contribution in [1.29, 1.82) is 0 Å². The molecule has 1 fully saturated rings. The van der Waals surface area contributed by atoms with Crippen molar-refractivity contribution in [3.8, 4) is 0 Å². The third-order valence-corrected chi connectivity index (χ3v) is 6.34.